The molecule has 0 amide bonds. The zero-order valence-electron chi connectivity index (χ0n) is 6.21. The van der Waals surface area contributed by atoms with Gasteiger partial charge in [0.25, 0.3) is 0 Å². The maximum atomic E-state index is 8.41. The van der Waals surface area contributed by atoms with Crippen molar-refractivity contribution in [1.82, 2.24) is 0 Å². The standard InChI is InChI=1S/C9H14O/c1-3-6-9(2)7-4-5-8-10/h3-4,7,10H,1-2,5-6,8H2/b7-4+. The summed E-state index contributed by atoms with van der Waals surface area (Å²) in [5, 5.41) is 8.41. The lowest BCUT2D eigenvalue weighted by Gasteiger charge is -1.90. The molecule has 0 aromatic heterocycles. The second-order valence-corrected chi connectivity index (χ2v) is 2.07. The molecule has 10 heavy (non-hydrogen) atoms. The van der Waals surface area contributed by atoms with Gasteiger partial charge in [-0.05, 0) is 12.8 Å². The molecule has 0 radical (unpaired) electrons. The van der Waals surface area contributed by atoms with Crippen LogP contribution in [0.2, 0.25) is 0 Å². The molecule has 1 heteroatoms. The molecule has 0 saturated heterocycles. The first kappa shape index (κ1) is 9.18. The first-order valence-electron chi connectivity index (χ1n) is 3.37. The topological polar surface area (TPSA) is 20.2 Å². The molecule has 0 rings (SSSR count). The van der Waals surface area contributed by atoms with Crippen molar-refractivity contribution in [3.8, 4) is 0 Å². The van der Waals surface area contributed by atoms with Crippen LogP contribution in [0.4, 0.5) is 0 Å². The van der Waals surface area contributed by atoms with E-state index < -0.39 is 0 Å². The Morgan fingerprint density at radius 1 is 1.50 bits per heavy atom. The van der Waals surface area contributed by atoms with Crippen molar-refractivity contribution >= 4 is 0 Å². The molecule has 1 nitrogen and oxygen atoms in total. The van der Waals surface area contributed by atoms with Crippen LogP contribution in [0.1, 0.15) is 12.8 Å². The molecule has 0 saturated carbocycles. The summed E-state index contributed by atoms with van der Waals surface area (Å²) in [6, 6.07) is 0. The molecule has 0 aromatic carbocycles. The van der Waals surface area contributed by atoms with E-state index in [1.54, 1.807) is 0 Å². The summed E-state index contributed by atoms with van der Waals surface area (Å²) in [5.74, 6) is 0. The molecule has 0 bridgehead atoms. The molecule has 0 heterocycles. The fourth-order valence-electron chi connectivity index (χ4n) is 0.578. The van der Waals surface area contributed by atoms with Crippen LogP contribution in [0.25, 0.3) is 0 Å². The highest BCUT2D eigenvalue weighted by atomic mass is 16.2. The SMILES string of the molecule is C=CCC(=C)/C=C/CCO. The summed E-state index contributed by atoms with van der Waals surface area (Å²) in [7, 11) is 0. The minimum Gasteiger partial charge on any atom is -0.396 e. The third-order valence-corrected chi connectivity index (χ3v) is 1.06. The van der Waals surface area contributed by atoms with Crippen molar-refractivity contribution in [2.45, 2.75) is 12.8 Å². The zero-order valence-corrected chi connectivity index (χ0v) is 6.21. The minimum atomic E-state index is 0.206. The predicted octanol–water partition coefficient (Wildman–Crippen LogP) is 2.06. The quantitative estimate of drug-likeness (QED) is 0.455. The summed E-state index contributed by atoms with van der Waals surface area (Å²) in [6.45, 7) is 7.57. The van der Waals surface area contributed by atoms with E-state index in [2.05, 4.69) is 13.2 Å². The van der Waals surface area contributed by atoms with E-state index in [4.69, 9.17) is 5.11 Å². The highest BCUT2D eigenvalue weighted by molar-refractivity contribution is 5.16. The van der Waals surface area contributed by atoms with Crippen molar-refractivity contribution in [1.29, 1.82) is 0 Å². The minimum absolute atomic E-state index is 0.206. The van der Waals surface area contributed by atoms with Gasteiger partial charge in [0.1, 0.15) is 0 Å². The molecule has 0 unspecified atom stereocenters. The van der Waals surface area contributed by atoms with Gasteiger partial charge in [-0.3, -0.25) is 0 Å². The summed E-state index contributed by atoms with van der Waals surface area (Å²) >= 11 is 0. The Kier molecular flexibility index (Phi) is 5.79. The molecule has 0 aromatic rings. The maximum Gasteiger partial charge on any atom is 0.0465 e. The van der Waals surface area contributed by atoms with Gasteiger partial charge in [0.15, 0.2) is 0 Å². The second-order valence-electron chi connectivity index (χ2n) is 2.07. The third kappa shape index (κ3) is 5.32. The molecule has 0 atom stereocenters. The Morgan fingerprint density at radius 3 is 2.70 bits per heavy atom. The molecule has 0 aliphatic heterocycles. The third-order valence-electron chi connectivity index (χ3n) is 1.06. The van der Waals surface area contributed by atoms with Crippen LogP contribution in [-0.4, -0.2) is 11.7 Å². The smallest absolute Gasteiger partial charge is 0.0465 e. The lowest BCUT2D eigenvalue weighted by Crippen LogP contribution is -1.76. The first-order valence-corrected chi connectivity index (χ1v) is 3.37. The van der Waals surface area contributed by atoms with Crippen LogP contribution in [0, 0.1) is 0 Å². The van der Waals surface area contributed by atoms with Gasteiger partial charge in [0, 0.05) is 6.61 Å². The molecule has 1 N–H and O–H groups in total. The Morgan fingerprint density at radius 2 is 2.20 bits per heavy atom. The normalized spacial score (nSPS) is 10.1. The molecule has 0 spiro atoms. The van der Waals surface area contributed by atoms with E-state index in [0.717, 1.165) is 12.0 Å². The summed E-state index contributed by atoms with van der Waals surface area (Å²) in [6.07, 6.45) is 7.16. The van der Waals surface area contributed by atoms with Crippen molar-refractivity contribution in [2.75, 3.05) is 6.61 Å². The van der Waals surface area contributed by atoms with Crippen LogP contribution in [0.5, 0.6) is 0 Å². The highest BCUT2D eigenvalue weighted by Crippen LogP contribution is 2.00. The Balaban J connectivity index is 3.45. The average molecular weight is 138 g/mol. The Labute approximate surface area is 62.4 Å². The van der Waals surface area contributed by atoms with Crippen molar-refractivity contribution in [3.05, 3.63) is 37.0 Å². The fraction of sp³-hybridized carbons (Fsp3) is 0.333. The Hall–Kier alpha value is -0.820. The van der Waals surface area contributed by atoms with Gasteiger partial charge in [0.2, 0.25) is 0 Å². The zero-order chi connectivity index (χ0) is 7.82. The van der Waals surface area contributed by atoms with Gasteiger partial charge in [-0.15, -0.1) is 6.58 Å². The number of hydrogen-bond acceptors (Lipinski definition) is 1. The lowest BCUT2D eigenvalue weighted by molar-refractivity contribution is 0.302. The first-order chi connectivity index (χ1) is 4.81. The van der Waals surface area contributed by atoms with Crippen LogP contribution < -0.4 is 0 Å². The van der Waals surface area contributed by atoms with Crippen LogP contribution in [-0.2, 0) is 0 Å². The highest BCUT2D eigenvalue weighted by Gasteiger charge is 1.81. The molecule has 0 fully saturated rings. The van der Waals surface area contributed by atoms with Gasteiger partial charge in [-0.2, -0.15) is 0 Å². The van der Waals surface area contributed by atoms with E-state index in [1.165, 1.54) is 0 Å². The van der Waals surface area contributed by atoms with Crippen molar-refractivity contribution < 1.29 is 5.11 Å². The van der Waals surface area contributed by atoms with E-state index in [1.807, 2.05) is 18.2 Å². The predicted molar refractivity (Wildman–Crippen MR) is 44.8 cm³/mol. The van der Waals surface area contributed by atoms with Crippen LogP contribution >= 0.6 is 0 Å². The van der Waals surface area contributed by atoms with Gasteiger partial charge >= 0.3 is 0 Å². The molecular weight excluding hydrogens is 124 g/mol. The molecular formula is C9H14O. The van der Waals surface area contributed by atoms with Crippen molar-refractivity contribution in [2.24, 2.45) is 0 Å². The largest absolute Gasteiger partial charge is 0.396 e. The number of allylic oxidation sites excluding steroid dienone is 3. The molecule has 0 aliphatic rings. The van der Waals surface area contributed by atoms with E-state index in [9.17, 15) is 0 Å². The van der Waals surface area contributed by atoms with E-state index >= 15 is 0 Å². The molecule has 0 aliphatic carbocycles. The summed E-state index contributed by atoms with van der Waals surface area (Å²) in [5.41, 5.74) is 1.03. The Bertz CT molecular complexity index is 134. The van der Waals surface area contributed by atoms with Gasteiger partial charge in [0.05, 0.1) is 0 Å². The summed E-state index contributed by atoms with van der Waals surface area (Å²) in [4.78, 5) is 0. The maximum absolute atomic E-state index is 8.41. The summed E-state index contributed by atoms with van der Waals surface area (Å²) < 4.78 is 0. The average Bonchev–Trinajstić information content (AvgIpc) is 1.89. The van der Waals surface area contributed by atoms with Gasteiger partial charge in [-0.25, -0.2) is 0 Å². The monoisotopic (exact) mass is 138 g/mol. The van der Waals surface area contributed by atoms with E-state index in [-0.39, 0.29) is 6.61 Å². The van der Waals surface area contributed by atoms with E-state index in [0.29, 0.717) is 6.42 Å². The number of rotatable bonds is 5. The second kappa shape index (κ2) is 6.30. The lowest BCUT2D eigenvalue weighted by atomic mass is 10.2. The fourth-order valence-corrected chi connectivity index (χ4v) is 0.578. The number of aliphatic hydroxyl groups is 1. The van der Waals surface area contributed by atoms with Crippen LogP contribution in [0.15, 0.2) is 37.0 Å². The number of aliphatic hydroxyl groups excluding tert-OH is 1. The molecule has 56 valence electrons. The van der Waals surface area contributed by atoms with Gasteiger partial charge in [-0.1, -0.05) is 30.4 Å². The number of hydrogen-bond donors (Lipinski definition) is 1. The van der Waals surface area contributed by atoms with Crippen molar-refractivity contribution in [3.63, 3.8) is 0 Å². The van der Waals surface area contributed by atoms with Crippen LogP contribution in [0.3, 0.4) is 0 Å². The van der Waals surface area contributed by atoms with Gasteiger partial charge < -0.3 is 5.11 Å².